The van der Waals surface area contributed by atoms with Gasteiger partial charge in [-0.3, -0.25) is 0 Å². The molecule has 0 spiro atoms. The molecule has 0 radical (unpaired) electrons. The van der Waals surface area contributed by atoms with Gasteiger partial charge < -0.3 is 9.88 Å². The molecule has 4 aliphatic carbocycles. The van der Waals surface area contributed by atoms with Crippen LogP contribution in [-0.2, 0) is 11.0 Å². The van der Waals surface area contributed by atoms with E-state index in [0.717, 1.165) is 23.4 Å². The molecule has 2 atom stereocenters. The average Bonchev–Trinajstić information content (AvgIpc) is 3.03. The van der Waals surface area contributed by atoms with Gasteiger partial charge in [-0.25, -0.2) is 0 Å². The summed E-state index contributed by atoms with van der Waals surface area (Å²) in [7, 11) is 0. The molecule has 30 heavy (non-hydrogen) atoms. The molecule has 4 saturated carbocycles. The molecule has 1 heterocycles. The highest BCUT2D eigenvalue weighted by Gasteiger charge is 2.59. The van der Waals surface area contributed by atoms with E-state index in [4.69, 9.17) is 11.6 Å². The molecule has 156 valence electrons. The van der Waals surface area contributed by atoms with Crippen LogP contribution in [0.3, 0.4) is 0 Å². The summed E-state index contributed by atoms with van der Waals surface area (Å²) in [6.07, 6.45) is 8.11. The molecular weight excluding hydrogens is 388 g/mol. The van der Waals surface area contributed by atoms with Crippen LogP contribution in [0.25, 0.3) is 10.9 Å². The number of hydrogen-bond donors (Lipinski definition) is 1. The number of halogens is 1. The summed E-state index contributed by atoms with van der Waals surface area (Å²) in [4.78, 5) is 0. The number of anilines is 1. The van der Waals surface area contributed by atoms with Crippen LogP contribution in [0.1, 0.15) is 56.7 Å². The predicted molar refractivity (Wildman–Crippen MR) is 127 cm³/mol. The lowest BCUT2D eigenvalue weighted by atomic mass is 9.45. The van der Waals surface area contributed by atoms with Crippen LogP contribution in [-0.4, -0.2) is 11.1 Å². The molecule has 2 unspecified atom stereocenters. The Labute approximate surface area is 184 Å². The maximum atomic E-state index is 6.24. The van der Waals surface area contributed by atoms with Gasteiger partial charge >= 0.3 is 0 Å². The topological polar surface area (TPSA) is 17.0 Å². The summed E-state index contributed by atoms with van der Waals surface area (Å²) in [5.41, 5.74) is 6.17. The Morgan fingerprint density at radius 2 is 1.73 bits per heavy atom. The molecule has 2 nitrogen and oxygen atoms in total. The second kappa shape index (κ2) is 6.53. The SMILES string of the molecule is CCNc1ccc2c(c1)cc(C)n2C12CC3CC(CC(c4ccc(Cl)cc4)(C3)C1)C2. The number of aromatic nitrogens is 1. The van der Waals surface area contributed by atoms with E-state index >= 15 is 0 Å². The molecule has 4 fully saturated rings. The van der Waals surface area contributed by atoms with E-state index in [1.807, 2.05) is 0 Å². The Morgan fingerprint density at radius 1 is 1.00 bits per heavy atom. The summed E-state index contributed by atoms with van der Waals surface area (Å²) in [5.74, 6) is 1.69. The van der Waals surface area contributed by atoms with Gasteiger partial charge in [0.1, 0.15) is 0 Å². The van der Waals surface area contributed by atoms with Gasteiger partial charge in [0, 0.05) is 39.4 Å². The largest absolute Gasteiger partial charge is 0.385 e. The van der Waals surface area contributed by atoms with Gasteiger partial charge in [-0.15, -0.1) is 0 Å². The van der Waals surface area contributed by atoms with Crippen LogP contribution in [0, 0.1) is 18.8 Å². The van der Waals surface area contributed by atoms with Gasteiger partial charge in [0.15, 0.2) is 0 Å². The number of rotatable bonds is 4. The van der Waals surface area contributed by atoms with Gasteiger partial charge in [-0.05, 0) is 112 Å². The summed E-state index contributed by atoms with van der Waals surface area (Å²) >= 11 is 6.24. The molecule has 1 aromatic heterocycles. The molecule has 4 aliphatic rings. The quantitative estimate of drug-likeness (QED) is 0.470. The fraction of sp³-hybridized carbons (Fsp3) is 0.481. The highest BCUT2D eigenvalue weighted by molar-refractivity contribution is 6.30. The van der Waals surface area contributed by atoms with Crippen LogP contribution in [0.2, 0.25) is 5.02 Å². The Hall–Kier alpha value is -1.93. The minimum Gasteiger partial charge on any atom is -0.385 e. The van der Waals surface area contributed by atoms with Crippen LogP contribution in [0.5, 0.6) is 0 Å². The zero-order valence-electron chi connectivity index (χ0n) is 18.0. The monoisotopic (exact) mass is 418 g/mol. The maximum absolute atomic E-state index is 6.24. The van der Waals surface area contributed by atoms with Crippen LogP contribution < -0.4 is 5.32 Å². The zero-order chi connectivity index (χ0) is 20.5. The highest BCUT2D eigenvalue weighted by atomic mass is 35.5. The van der Waals surface area contributed by atoms with Crippen molar-refractivity contribution in [2.24, 2.45) is 11.8 Å². The van der Waals surface area contributed by atoms with Gasteiger partial charge in [-0.2, -0.15) is 0 Å². The minimum atomic E-state index is 0.259. The number of fused-ring (bicyclic) bond motifs is 1. The summed E-state index contributed by atoms with van der Waals surface area (Å²) in [5, 5.41) is 5.70. The molecule has 0 amide bonds. The number of nitrogens with zero attached hydrogens (tertiary/aromatic N) is 1. The Bertz CT molecular complexity index is 1100. The van der Waals surface area contributed by atoms with E-state index in [1.54, 1.807) is 0 Å². The van der Waals surface area contributed by atoms with Crippen LogP contribution in [0.4, 0.5) is 5.69 Å². The number of aryl methyl sites for hydroxylation is 1. The molecule has 0 aliphatic heterocycles. The molecule has 3 aromatic rings. The van der Waals surface area contributed by atoms with Gasteiger partial charge in [0.05, 0.1) is 0 Å². The third-order valence-electron chi connectivity index (χ3n) is 8.33. The van der Waals surface area contributed by atoms with E-state index < -0.39 is 0 Å². The van der Waals surface area contributed by atoms with E-state index in [2.05, 4.69) is 72.3 Å². The third-order valence-corrected chi connectivity index (χ3v) is 8.58. The first-order chi connectivity index (χ1) is 14.5. The van der Waals surface area contributed by atoms with Crippen molar-refractivity contribution in [1.29, 1.82) is 0 Å². The first-order valence-electron chi connectivity index (χ1n) is 11.6. The second-order valence-electron chi connectivity index (χ2n) is 10.4. The van der Waals surface area contributed by atoms with Crippen LogP contribution in [0.15, 0.2) is 48.5 Å². The molecule has 2 aromatic carbocycles. The maximum Gasteiger partial charge on any atom is 0.0489 e. The first-order valence-corrected chi connectivity index (χ1v) is 12.0. The van der Waals surface area contributed by atoms with Gasteiger partial charge in [-0.1, -0.05) is 23.7 Å². The molecule has 4 bridgehead atoms. The molecule has 7 rings (SSSR count). The van der Waals surface area contributed by atoms with E-state index in [1.165, 1.54) is 66.4 Å². The van der Waals surface area contributed by atoms with Crippen molar-refractivity contribution in [3.63, 3.8) is 0 Å². The number of benzene rings is 2. The fourth-order valence-corrected chi connectivity index (χ4v) is 8.04. The van der Waals surface area contributed by atoms with Crippen molar-refractivity contribution in [2.45, 2.75) is 63.3 Å². The summed E-state index contributed by atoms with van der Waals surface area (Å²) in [6.45, 7) is 5.44. The normalized spacial score (nSPS) is 32.1. The lowest BCUT2D eigenvalue weighted by Crippen LogP contribution is -2.58. The Morgan fingerprint density at radius 3 is 2.43 bits per heavy atom. The molecule has 0 saturated heterocycles. The van der Waals surface area contributed by atoms with Crippen molar-refractivity contribution < 1.29 is 0 Å². The smallest absolute Gasteiger partial charge is 0.0489 e. The van der Waals surface area contributed by atoms with Crippen molar-refractivity contribution in [1.82, 2.24) is 4.57 Å². The summed E-state index contributed by atoms with van der Waals surface area (Å²) in [6, 6.07) is 18.2. The van der Waals surface area contributed by atoms with Crippen LogP contribution >= 0.6 is 11.6 Å². The fourth-order valence-electron chi connectivity index (χ4n) is 7.91. The first kappa shape index (κ1) is 18.8. The van der Waals surface area contributed by atoms with Crippen molar-refractivity contribution >= 4 is 28.2 Å². The van der Waals surface area contributed by atoms with Gasteiger partial charge in [0.25, 0.3) is 0 Å². The minimum absolute atomic E-state index is 0.259. The van der Waals surface area contributed by atoms with Crippen molar-refractivity contribution in [3.05, 3.63) is 64.8 Å². The van der Waals surface area contributed by atoms with E-state index in [-0.39, 0.29) is 5.54 Å². The van der Waals surface area contributed by atoms with E-state index in [9.17, 15) is 0 Å². The number of nitrogens with one attached hydrogen (secondary N) is 1. The lowest BCUT2D eigenvalue weighted by molar-refractivity contribution is -0.0614. The highest BCUT2D eigenvalue weighted by Crippen LogP contribution is 2.65. The molecule has 3 heteroatoms. The molecule has 1 N–H and O–H groups in total. The number of hydrogen-bond acceptors (Lipinski definition) is 1. The van der Waals surface area contributed by atoms with Crippen molar-refractivity contribution in [3.8, 4) is 0 Å². The Kier molecular flexibility index (Phi) is 4.10. The zero-order valence-corrected chi connectivity index (χ0v) is 18.8. The predicted octanol–water partition coefficient (Wildman–Crippen LogP) is 7.28. The second-order valence-corrected chi connectivity index (χ2v) is 10.8. The van der Waals surface area contributed by atoms with E-state index in [0.29, 0.717) is 5.41 Å². The lowest BCUT2D eigenvalue weighted by Gasteiger charge is -2.63. The van der Waals surface area contributed by atoms with Gasteiger partial charge in [0.2, 0.25) is 0 Å². The molecular formula is C27H31ClN2. The average molecular weight is 419 g/mol. The standard InChI is InChI=1S/C27H31ClN2/c1-3-29-24-8-9-25-21(12-24)10-18(2)30(25)27-15-19-11-20(16-27)14-26(13-19,17-27)22-4-6-23(28)7-5-22/h4-10,12,19-20,29H,3,11,13-17H2,1-2H3. The Balaban J connectivity index is 1.48. The summed E-state index contributed by atoms with van der Waals surface area (Å²) < 4.78 is 2.75. The third kappa shape index (κ3) is 2.69. The van der Waals surface area contributed by atoms with Crippen molar-refractivity contribution in [2.75, 3.05) is 11.9 Å².